The largest absolute Gasteiger partial charge is 0.465 e. The van der Waals surface area contributed by atoms with Crippen molar-refractivity contribution in [1.29, 1.82) is 0 Å². The summed E-state index contributed by atoms with van der Waals surface area (Å²) in [6, 6.07) is 6.27. The summed E-state index contributed by atoms with van der Waals surface area (Å²) in [5, 5.41) is 0. The Morgan fingerprint density at radius 2 is 1.81 bits per heavy atom. The Balaban J connectivity index is 0. The first-order chi connectivity index (χ1) is 8.87. The van der Waals surface area contributed by atoms with Gasteiger partial charge >= 0.3 is 12.1 Å². The van der Waals surface area contributed by atoms with Crippen LogP contribution in [0.15, 0.2) is 24.3 Å². The third kappa shape index (κ3) is 7.34. The summed E-state index contributed by atoms with van der Waals surface area (Å²) in [6.07, 6.45) is -5.11. The van der Waals surface area contributed by atoms with Crippen LogP contribution in [0.3, 0.4) is 0 Å². The topological polar surface area (TPSA) is 52.3 Å². The molecule has 0 bridgehead atoms. The highest BCUT2D eigenvalue weighted by atomic mass is 35.5. The molecule has 0 aliphatic heterocycles. The lowest BCUT2D eigenvalue weighted by Gasteiger charge is -2.16. The molecule has 1 atom stereocenters. The Hall–Kier alpha value is -1.27. The molecular weight excluding hydrogens is 307 g/mol. The van der Waals surface area contributed by atoms with Gasteiger partial charge in [0.1, 0.15) is 0 Å². The molecule has 3 nitrogen and oxygen atoms in total. The van der Waals surface area contributed by atoms with Crippen molar-refractivity contribution in [1.82, 2.24) is 0 Å². The van der Waals surface area contributed by atoms with Crippen molar-refractivity contribution in [3.63, 3.8) is 0 Å². The molecule has 7 heteroatoms. The number of carbonyl (C=O) groups excluding carboxylic acids is 1. The molecule has 0 amide bonds. The number of hydrogen-bond acceptors (Lipinski definition) is 3. The molecule has 0 saturated carbocycles. The van der Waals surface area contributed by atoms with Gasteiger partial charge in [-0.1, -0.05) is 19.6 Å². The number of halogens is 4. The number of nitrogens with two attached hydrogens (primary N) is 1. The van der Waals surface area contributed by atoms with Gasteiger partial charge in [0.2, 0.25) is 0 Å². The monoisotopic (exact) mass is 327 g/mol. The summed E-state index contributed by atoms with van der Waals surface area (Å²) in [6.45, 7) is 0.133. The number of hydrogen-bond donors (Lipinski definition) is 1. The lowest BCUT2D eigenvalue weighted by molar-refractivity contribution is -0.136. The maximum atomic E-state index is 12.2. The summed E-state index contributed by atoms with van der Waals surface area (Å²) < 4.78 is 41.1. The second kappa shape index (κ2) is 9.63. The molecule has 0 aliphatic rings. The van der Waals surface area contributed by atoms with Crippen LogP contribution in [0.4, 0.5) is 13.2 Å². The summed E-state index contributed by atoms with van der Waals surface area (Å²) >= 11 is 0. The van der Waals surface area contributed by atoms with Crippen molar-refractivity contribution in [3.05, 3.63) is 35.4 Å². The molecule has 0 fully saturated rings. The minimum atomic E-state index is -4.18. The molecule has 2 N–H and O–H groups in total. The number of rotatable bonds is 5. The molecule has 0 aliphatic carbocycles. The van der Waals surface area contributed by atoms with Crippen LogP contribution in [0.25, 0.3) is 0 Å². The smallest absolute Gasteiger partial charge is 0.389 e. The highest BCUT2D eigenvalue weighted by Crippen LogP contribution is 2.28. The van der Waals surface area contributed by atoms with E-state index in [-0.39, 0.29) is 38.7 Å². The maximum Gasteiger partial charge on any atom is 0.389 e. The predicted molar refractivity (Wildman–Crippen MR) is 78.8 cm³/mol. The van der Waals surface area contributed by atoms with E-state index in [9.17, 15) is 18.0 Å². The molecule has 0 saturated heterocycles. The first kappa shape index (κ1) is 22.0. The molecule has 1 rings (SSSR count). The van der Waals surface area contributed by atoms with Crippen molar-refractivity contribution >= 4 is 18.4 Å². The van der Waals surface area contributed by atoms with Crippen molar-refractivity contribution in [2.75, 3.05) is 13.7 Å². The van der Waals surface area contributed by atoms with E-state index in [1.54, 1.807) is 12.1 Å². The van der Waals surface area contributed by atoms with Gasteiger partial charge in [0.05, 0.1) is 12.7 Å². The van der Waals surface area contributed by atoms with E-state index in [1.165, 1.54) is 19.2 Å². The Morgan fingerprint density at radius 3 is 2.19 bits per heavy atom. The van der Waals surface area contributed by atoms with Gasteiger partial charge in [-0.2, -0.15) is 13.2 Å². The van der Waals surface area contributed by atoms with Gasteiger partial charge in [0.15, 0.2) is 0 Å². The van der Waals surface area contributed by atoms with Gasteiger partial charge in [0.25, 0.3) is 0 Å². The lowest BCUT2D eigenvalue weighted by Crippen LogP contribution is -2.16. The summed E-state index contributed by atoms with van der Waals surface area (Å²) in [4.78, 5) is 11.2. The van der Waals surface area contributed by atoms with Crippen LogP contribution in [0.5, 0.6) is 0 Å². The van der Waals surface area contributed by atoms with Crippen molar-refractivity contribution < 1.29 is 22.7 Å². The Morgan fingerprint density at radius 1 is 1.29 bits per heavy atom. The maximum absolute atomic E-state index is 12.2. The van der Waals surface area contributed by atoms with Crippen molar-refractivity contribution in [2.24, 2.45) is 5.73 Å². The number of carbonyl (C=O) groups is 1. The van der Waals surface area contributed by atoms with E-state index in [4.69, 9.17) is 5.73 Å². The van der Waals surface area contributed by atoms with E-state index in [1.807, 2.05) is 0 Å². The Kier molecular flexibility index (Phi) is 10.1. The lowest BCUT2D eigenvalue weighted by atomic mass is 9.93. The molecule has 0 radical (unpaired) electrons. The van der Waals surface area contributed by atoms with Gasteiger partial charge in [0, 0.05) is 6.42 Å². The zero-order valence-corrected chi connectivity index (χ0v) is 11.8. The number of esters is 1. The zero-order valence-electron chi connectivity index (χ0n) is 10.9. The summed E-state index contributed by atoms with van der Waals surface area (Å²) in [7, 11) is 1.27. The zero-order chi connectivity index (χ0) is 14.5. The standard InChI is InChI=1S/C13H16F3NO2.CH4.ClH/c1-19-12(18)10-4-2-9(3-5-10)11(8-17)6-7-13(14,15)16;;/h2-5,11H,6-8,17H2,1H3;1H4;1H. The van der Waals surface area contributed by atoms with E-state index < -0.39 is 18.6 Å². The van der Waals surface area contributed by atoms with Crippen molar-refractivity contribution in [3.8, 4) is 0 Å². The number of alkyl halides is 3. The molecule has 1 aromatic carbocycles. The van der Waals surface area contributed by atoms with Crippen LogP contribution in [0.2, 0.25) is 0 Å². The minimum Gasteiger partial charge on any atom is -0.465 e. The third-order valence-corrected chi connectivity index (χ3v) is 2.86. The van der Waals surface area contributed by atoms with Crippen LogP contribution in [-0.2, 0) is 4.74 Å². The molecule has 21 heavy (non-hydrogen) atoms. The number of benzene rings is 1. The predicted octanol–water partition coefficient (Wildman–Crippen LogP) is 3.92. The Bertz CT molecular complexity index is 421. The first-order valence-electron chi connectivity index (χ1n) is 5.82. The summed E-state index contributed by atoms with van der Waals surface area (Å²) in [5.74, 6) is -0.848. The van der Waals surface area contributed by atoms with Gasteiger partial charge in [-0.25, -0.2) is 4.79 Å². The van der Waals surface area contributed by atoms with E-state index in [0.717, 1.165) is 0 Å². The second-order valence-corrected chi connectivity index (χ2v) is 4.20. The quantitative estimate of drug-likeness (QED) is 0.834. The highest BCUT2D eigenvalue weighted by Gasteiger charge is 2.28. The van der Waals surface area contributed by atoms with Crippen LogP contribution < -0.4 is 5.73 Å². The molecule has 1 aromatic rings. The molecule has 0 aromatic heterocycles. The molecule has 0 spiro atoms. The molecule has 1 unspecified atom stereocenters. The van der Waals surface area contributed by atoms with Crippen LogP contribution >= 0.6 is 12.4 Å². The fraction of sp³-hybridized carbons (Fsp3) is 0.500. The molecular formula is C14H21ClF3NO2. The average Bonchev–Trinajstić information content (AvgIpc) is 2.38. The fourth-order valence-electron chi connectivity index (χ4n) is 1.77. The van der Waals surface area contributed by atoms with Crippen LogP contribution in [0, 0.1) is 0 Å². The average molecular weight is 328 g/mol. The van der Waals surface area contributed by atoms with E-state index in [0.29, 0.717) is 11.1 Å². The molecule has 122 valence electrons. The van der Waals surface area contributed by atoms with Gasteiger partial charge in [-0.15, -0.1) is 12.4 Å². The summed E-state index contributed by atoms with van der Waals surface area (Å²) in [5.41, 5.74) is 6.55. The van der Waals surface area contributed by atoms with Gasteiger partial charge in [-0.3, -0.25) is 0 Å². The molecule has 0 heterocycles. The second-order valence-electron chi connectivity index (χ2n) is 4.20. The minimum absolute atomic E-state index is 0. The van der Waals surface area contributed by atoms with Gasteiger partial charge in [-0.05, 0) is 36.6 Å². The number of methoxy groups -OCH3 is 1. The normalized spacial score (nSPS) is 11.9. The Labute approximate surface area is 129 Å². The number of ether oxygens (including phenoxy) is 1. The first-order valence-corrected chi connectivity index (χ1v) is 5.82. The van der Waals surface area contributed by atoms with E-state index >= 15 is 0 Å². The highest BCUT2D eigenvalue weighted by molar-refractivity contribution is 5.89. The SMILES string of the molecule is C.COC(=O)c1ccc(C(CN)CCC(F)(F)F)cc1.Cl. The van der Waals surface area contributed by atoms with Crippen LogP contribution in [0.1, 0.15) is 42.1 Å². The third-order valence-electron chi connectivity index (χ3n) is 2.86. The van der Waals surface area contributed by atoms with E-state index in [2.05, 4.69) is 4.74 Å². The van der Waals surface area contributed by atoms with Crippen molar-refractivity contribution in [2.45, 2.75) is 32.4 Å². The van der Waals surface area contributed by atoms with Gasteiger partial charge < -0.3 is 10.5 Å². The van der Waals surface area contributed by atoms with Crippen LogP contribution in [-0.4, -0.2) is 25.8 Å². The fourth-order valence-corrected chi connectivity index (χ4v) is 1.77.